The number of benzene rings is 1. The maximum Gasteiger partial charge on any atom is 0.222 e. The number of carbonyl (C=O) groups excluding carboxylic acids is 2. The van der Waals surface area contributed by atoms with E-state index in [1.54, 1.807) is 0 Å². The van der Waals surface area contributed by atoms with Crippen LogP contribution in [-0.4, -0.2) is 59.9 Å². The van der Waals surface area contributed by atoms with Crippen LogP contribution >= 0.6 is 0 Å². The highest BCUT2D eigenvalue weighted by atomic mass is 16.2. The molecule has 3 atom stereocenters. The molecule has 0 aromatic heterocycles. The molecule has 0 unspecified atom stereocenters. The van der Waals surface area contributed by atoms with Crippen molar-refractivity contribution in [3.05, 3.63) is 35.9 Å². The molecular weight excluding hydrogens is 326 g/mol. The molecule has 26 heavy (non-hydrogen) atoms. The number of piperidine rings is 3. The van der Waals surface area contributed by atoms with Gasteiger partial charge < -0.3 is 10.2 Å². The Bertz CT molecular complexity index is 654. The molecular formula is C21H29N3O2. The van der Waals surface area contributed by atoms with Crippen LogP contribution in [0.3, 0.4) is 0 Å². The minimum Gasteiger partial charge on any atom is -0.356 e. The molecule has 2 bridgehead atoms. The number of nitrogens with zero attached hydrogens (tertiary/aromatic N) is 2. The lowest BCUT2D eigenvalue weighted by Crippen LogP contribution is -2.60. The third-order valence-corrected chi connectivity index (χ3v) is 6.48. The molecule has 0 radical (unpaired) electrons. The van der Waals surface area contributed by atoms with E-state index in [9.17, 15) is 9.59 Å². The minimum absolute atomic E-state index is 0.0276. The molecule has 2 amide bonds. The Kier molecular flexibility index (Phi) is 4.98. The molecule has 4 fully saturated rings. The van der Waals surface area contributed by atoms with Crippen LogP contribution in [0.4, 0.5) is 0 Å². The van der Waals surface area contributed by atoms with E-state index in [1.807, 2.05) is 0 Å². The van der Waals surface area contributed by atoms with E-state index in [-0.39, 0.29) is 11.8 Å². The van der Waals surface area contributed by atoms with Gasteiger partial charge in [0.2, 0.25) is 11.8 Å². The van der Waals surface area contributed by atoms with Crippen molar-refractivity contribution < 1.29 is 9.59 Å². The summed E-state index contributed by atoms with van der Waals surface area (Å²) in [5, 5.41) is 2.79. The highest BCUT2D eigenvalue weighted by molar-refractivity contribution is 5.77. The Balaban J connectivity index is 1.50. The van der Waals surface area contributed by atoms with Gasteiger partial charge in [-0.3, -0.25) is 14.5 Å². The van der Waals surface area contributed by atoms with Crippen molar-refractivity contribution in [2.45, 2.75) is 50.6 Å². The Morgan fingerprint density at radius 2 is 1.85 bits per heavy atom. The van der Waals surface area contributed by atoms with E-state index in [2.05, 4.69) is 45.4 Å². The lowest BCUT2D eigenvalue weighted by molar-refractivity contribution is -0.136. The Morgan fingerprint density at radius 3 is 2.54 bits per heavy atom. The number of hydrogen-bond acceptors (Lipinski definition) is 3. The number of hydrogen-bond donors (Lipinski definition) is 1. The van der Waals surface area contributed by atoms with Crippen LogP contribution in [0.2, 0.25) is 0 Å². The first-order chi connectivity index (χ1) is 12.6. The molecule has 140 valence electrons. The summed E-state index contributed by atoms with van der Waals surface area (Å²) in [4.78, 5) is 28.8. The van der Waals surface area contributed by atoms with Gasteiger partial charge in [-0.2, -0.15) is 0 Å². The van der Waals surface area contributed by atoms with Gasteiger partial charge in [0, 0.05) is 38.4 Å². The standard InChI is InChI=1S/C21H29N3O2/c1-15(25)22-11-5-8-19(26)24-14-18(16-6-3-2-4-7-16)21-20(24)17-9-12-23(21)13-10-17/h2-4,6-7,17-18,20-21H,5,8-14H2,1H3,(H,22,25)/t18-,20+,21+/m0/s1. The molecule has 5 rings (SSSR count). The van der Waals surface area contributed by atoms with E-state index in [4.69, 9.17) is 0 Å². The first-order valence-electron chi connectivity index (χ1n) is 9.98. The second kappa shape index (κ2) is 7.39. The van der Waals surface area contributed by atoms with Gasteiger partial charge in [0.15, 0.2) is 0 Å². The molecule has 1 N–H and O–H groups in total. The summed E-state index contributed by atoms with van der Waals surface area (Å²) >= 11 is 0. The van der Waals surface area contributed by atoms with Crippen LogP contribution in [0, 0.1) is 5.92 Å². The van der Waals surface area contributed by atoms with Gasteiger partial charge in [-0.15, -0.1) is 0 Å². The van der Waals surface area contributed by atoms with E-state index in [0.717, 1.165) is 13.0 Å². The van der Waals surface area contributed by atoms with Crippen LogP contribution in [0.1, 0.15) is 44.1 Å². The van der Waals surface area contributed by atoms with Gasteiger partial charge in [-0.1, -0.05) is 30.3 Å². The van der Waals surface area contributed by atoms with Crippen molar-refractivity contribution in [1.82, 2.24) is 15.1 Å². The fraction of sp³-hybridized carbons (Fsp3) is 0.619. The SMILES string of the molecule is CC(=O)NCCCC(=O)N1C[C@@H](c2ccccc2)[C@@H]2[C@H]1C1CCN2CC1. The Labute approximate surface area is 155 Å². The fourth-order valence-corrected chi connectivity index (χ4v) is 5.35. The second-order valence-electron chi connectivity index (χ2n) is 8.00. The summed E-state index contributed by atoms with van der Waals surface area (Å²) in [5.41, 5.74) is 1.36. The lowest BCUT2D eigenvalue weighted by Gasteiger charge is -2.51. The Hall–Kier alpha value is -1.88. The summed E-state index contributed by atoms with van der Waals surface area (Å²) < 4.78 is 0. The fourth-order valence-electron chi connectivity index (χ4n) is 5.35. The molecule has 5 heteroatoms. The molecule has 0 saturated carbocycles. The number of nitrogens with one attached hydrogen (secondary N) is 1. The minimum atomic E-state index is -0.0276. The lowest BCUT2D eigenvalue weighted by atomic mass is 9.75. The Morgan fingerprint density at radius 1 is 1.12 bits per heavy atom. The van der Waals surface area contributed by atoms with Crippen LogP contribution in [0.25, 0.3) is 0 Å². The van der Waals surface area contributed by atoms with Crippen LogP contribution in [0.15, 0.2) is 30.3 Å². The molecule has 0 spiro atoms. The zero-order valence-electron chi connectivity index (χ0n) is 15.6. The molecule has 4 heterocycles. The van der Waals surface area contributed by atoms with Gasteiger partial charge in [0.1, 0.15) is 0 Å². The van der Waals surface area contributed by atoms with Crippen molar-refractivity contribution >= 4 is 11.8 Å². The quantitative estimate of drug-likeness (QED) is 0.822. The topological polar surface area (TPSA) is 52.7 Å². The maximum absolute atomic E-state index is 13.0. The molecule has 4 aliphatic heterocycles. The van der Waals surface area contributed by atoms with Crippen molar-refractivity contribution in [2.24, 2.45) is 5.92 Å². The predicted octanol–water partition coefficient (Wildman–Crippen LogP) is 1.99. The monoisotopic (exact) mass is 355 g/mol. The predicted molar refractivity (Wildman–Crippen MR) is 101 cm³/mol. The van der Waals surface area contributed by atoms with Gasteiger partial charge in [0.05, 0.1) is 6.04 Å². The number of likely N-dealkylation sites (tertiary alicyclic amines) is 1. The zero-order valence-corrected chi connectivity index (χ0v) is 15.6. The van der Waals surface area contributed by atoms with Crippen molar-refractivity contribution in [2.75, 3.05) is 26.2 Å². The van der Waals surface area contributed by atoms with Crippen molar-refractivity contribution in [1.29, 1.82) is 0 Å². The summed E-state index contributed by atoms with van der Waals surface area (Å²) in [5.74, 6) is 1.30. The van der Waals surface area contributed by atoms with E-state index >= 15 is 0 Å². The maximum atomic E-state index is 13.0. The normalized spacial score (nSPS) is 32.3. The number of fused-ring (bicyclic) bond motifs is 2. The van der Waals surface area contributed by atoms with Gasteiger partial charge in [-0.25, -0.2) is 0 Å². The average molecular weight is 355 g/mol. The number of rotatable bonds is 5. The van der Waals surface area contributed by atoms with Crippen LogP contribution in [-0.2, 0) is 9.59 Å². The molecule has 1 aromatic rings. The highest BCUT2D eigenvalue weighted by Gasteiger charge is 2.54. The first-order valence-corrected chi connectivity index (χ1v) is 9.98. The number of amides is 2. The van der Waals surface area contributed by atoms with Gasteiger partial charge in [-0.05, 0) is 43.8 Å². The first kappa shape index (κ1) is 17.5. The zero-order chi connectivity index (χ0) is 18.1. The molecule has 5 nitrogen and oxygen atoms in total. The summed E-state index contributed by atoms with van der Waals surface area (Å²) in [7, 11) is 0. The molecule has 4 aliphatic rings. The van der Waals surface area contributed by atoms with Crippen LogP contribution < -0.4 is 5.32 Å². The third kappa shape index (κ3) is 3.25. The van der Waals surface area contributed by atoms with Gasteiger partial charge >= 0.3 is 0 Å². The van der Waals surface area contributed by atoms with Crippen molar-refractivity contribution in [3.8, 4) is 0 Å². The number of carbonyl (C=O) groups is 2. The summed E-state index contributed by atoms with van der Waals surface area (Å²) in [6.45, 7) is 5.30. The third-order valence-electron chi connectivity index (χ3n) is 6.48. The second-order valence-corrected chi connectivity index (χ2v) is 8.00. The van der Waals surface area contributed by atoms with Crippen LogP contribution in [0.5, 0.6) is 0 Å². The average Bonchev–Trinajstić information content (AvgIpc) is 3.09. The smallest absolute Gasteiger partial charge is 0.222 e. The largest absolute Gasteiger partial charge is 0.356 e. The summed E-state index contributed by atoms with van der Waals surface area (Å²) in [6.07, 6.45) is 3.69. The van der Waals surface area contributed by atoms with E-state index in [0.29, 0.717) is 36.9 Å². The molecule has 0 aliphatic carbocycles. The van der Waals surface area contributed by atoms with E-state index < -0.39 is 0 Å². The van der Waals surface area contributed by atoms with Gasteiger partial charge in [0.25, 0.3) is 0 Å². The molecule has 4 saturated heterocycles. The summed E-state index contributed by atoms with van der Waals surface area (Å²) in [6, 6.07) is 11.6. The van der Waals surface area contributed by atoms with Crippen molar-refractivity contribution in [3.63, 3.8) is 0 Å². The highest BCUT2D eigenvalue weighted by Crippen LogP contribution is 2.46. The van der Waals surface area contributed by atoms with E-state index in [1.165, 1.54) is 38.4 Å². The molecule has 1 aromatic carbocycles.